The topological polar surface area (TPSA) is 21.9 Å². The summed E-state index contributed by atoms with van der Waals surface area (Å²) in [5.41, 5.74) is 10.6. The third-order valence-corrected chi connectivity index (χ3v) is 8.52. The molecule has 7 aromatic rings. The van der Waals surface area contributed by atoms with Crippen molar-refractivity contribution in [2.24, 2.45) is 7.05 Å². The molecule has 40 heavy (non-hydrogen) atoms. The molecule has 3 heteroatoms. The highest BCUT2D eigenvalue weighted by Gasteiger charge is 2.33. The van der Waals surface area contributed by atoms with Gasteiger partial charge in [0.15, 0.2) is 16.6 Å². The lowest BCUT2D eigenvalue weighted by Crippen LogP contribution is -2.30. The predicted molar refractivity (Wildman–Crippen MR) is 168 cm³/mol. The summed E-state index contributed by atoms with van der Waals surface area (Å²) in [5.74, 6) is 1.90. The van der Waals surface area contributed by atoms with Gasteiger partial charge in [-0.05, 0) is 59.4 Å². The third kappa shape index (κ3) is 3.54. The molecule has 0 aliphatic carbocycles. The normalized spacial score (nSPS) is 12.2. The summed E-state index contributed by atoms with van der Waals surface area (Å²) in [6.07, 6.45) is 0. The molecular weight excluding hydrogens is 488 g/mol. The second kappa shape index (κ2) is 9.09. The van der Waals surface area contributed by atoms with Crippen LogP contribution in [-0.2, 0) is 7.05 Å². The van der Waals surface area contributed by atoms with Crippen LogP contribution in [0.1, 0.15) is 56.2 Å². The van der Waals surface area contributed by atoms with Crippen molar-refractivity contribution in [2.75, 3.05) is 0 Å². The maximum Gasteiger partial charge on any atom is 0.299 e. The number of furan rings is 1. The van der Waals surface area contributed by atoms with Gasteiger partial charge in [-0.1, -0.05) is 94.4 Å². The maximum absolute atomic E-state index is 6.80. The number of nitrogens with zero attached hydrogens (tertiary/aromatic N) is 2. The molecule has 0 unspecified atom stereocenters. The van der Waals surface area contributed by atoms with Crippen molar-refractivity contribution in [2.45, 2.75) is 46.5 Å². The van der Waals surface area contributed by atoms with Gasteiger partial charge in [-0.25, -0.2) is 4.57 Å². The van der Waals surface area contributed by atoms with Crippen molar-refractivity contribution in [3.63, 3.8) is 0 Å². The van der Waals surface area contributed by atoms with E-state index in [0.717, 1.165) is 33.3 Å². The van der Waals surface area contributed by atoms with Crippen molar-refractivity contribution < 1.29 is 8.98 Å². The Kier molecular flexibility index (Phi) is 5.60. The molecule has 0 amide bonds. The van der Waals surface area contributed by atoms with Crippen LogP contribution >= 0.6 is 0 Å². The molecule has 0 aliphatic rings. The van der Waals surface area contributed by atoms with E-state index in [4.69, 9.17) is 4.42 Å². The number of aromatic nitrogens is 2. The molecule has 198 valence electrons. The highest BCUT2D eigenvalue weighted by Crippen LogP contribution is 2.42. The molecule has 0 fully saturated rings. The fourth-order valence-electron chi connectivity index (χ4n) is 6.49. The summed E-state index contributed by atoms with van der Waals surface area (Å²) in [7, 11) is 2.19. The molecule has 2 aromatic heterocycles. The SMILES string of the molecule is Cc1ccc2c(oc3cc4ccccc4cc32)c1-c1n(-c2c(C(C)C)cccc2C(C)C)c2ccccc2[n+]1C. The minimum atomic E-state index is 0.378. The van der Waals surface area contributed by atoms with Gasteiger partial charge in [0.25, 0.3) is 5.82 Å². The lowest BCUT2D eigenvalue weighted by atomic mass is 9.92. The Morgan fingerprint density at radius 2 is 1.35 bits per heavy atom. The summed E-state index contributed by atoms with van der Waals surface area (Å²) in [6.45, 7) is 11.4. The van der Waals surface area contributed by atoms with Crippen LogP contribution in [0, 0.1) is 6.92 Å². The van der Waals surface area contributed by atoms with Gasteiger partial charge in [-0.15, -0.1) is 0 Å². The van der Waals surface area contributed by atoms with Crippen LogP contribution in [0.15, 0.2) is 95.4 Å². The number of fused-ring (bicyclic) bond motifs is 5. The number of imidazole rings is 1. The number of benzene rings is 5. The monoisotopic (exact) mass is 523 g/mol. The first-order valence-electron chi connectivity index (χ1n) is 14.3. The highest BCUT2D eigenvalue weighted by molar-refractivity contribution is 6.13. The lowest BCUT2D eigenvalue weighted by molar-refractivity contribution is -0.633. The van der Waals surface area contributed by atoms with Gasteiger partial charge in [-0.2, -0.15) is 4.57 Å². The van der Waals surface area contributed by atoms with E-state index < -0.39 is 0 Å². The molecular formula is C37H35N2O+. The first-order valence-corrected chi connectivity index (χ1v) is 14.3. The van der Waals surface area contributed by atoms with Crippen LogP contribution in [-0.4, -0.2) is 4.57 Å². The fraction of sp³-hybridized carbons (Fsp3) is 0.216. The molecule has 0 saturated heterocycles. The van der Waals surface area contributed by atoms with E-state index in [0.29, 0.717) is 11.8 Å². The van der Waals surface area contributed by atoms with Gasteiger partial charge >= 0.3 is 0 Å². The van der Waals surface area contributed by atoms with Crippen LogP contribution in [0.3, 0.4) is 0 Å². The molecule has 0 N–H and O–H groups in total. The van der Waals surface area contributed by atoms with Gasteiger partial charge in [0.2, 0.25) is 0 Å². The van der Waals surface area contributed by atoms with Crippen molar-refractivity contribution in [3.05, 3.63) is 108 Å². The van der Waals surface area contributed by atoms with Crippen molar-refractivity contribution >= 4 is 43.7 Å². The minimum Gasteiger partial charge on any atom is -0.455 e. The Bertz CT molecular complexity index is 2060. The summed E-state index contributed by atoms with van der Waals surface area (Å²) in [4.78, 5) is 0. The Morgan fingerprint density at radius 1 is 0.700 bits per heavy atom. The first-order chi connectivity index (χ1) is 19.3. The smallest absolute Gasteiger partial charge is 0.299 e. The fourth-order valence-corrected chi connectivity index (χ4v) is 6.49. The second-order valence-electron chi connectivity index (χ2n) is 11.7. The zero-order chi connectivity index (χ0) is 27.7. The molecule has 0 radical (unpaired) electrons. The molecule has 5 aromatic carbocycles. The van der Waals surface area contributed by atoms with Gasteiger partial charge in [-0.3, -0.25) is 0 Å². The summed E-state index contributed by atoms with van der Waals surface area (Å²) in [5, 5.41) is 4.73. The van der Waals surface area contributed by atoms with Gasteiger partial charge in [0.1, 0.15) is 16.8 Å². The van der Waals surface area contributed by atoms with E-state index in [1.54, 1.807) is 0 Å². The largest absolute Gasteiger partial charge is 0.455 e. The molecule has 0 saturated carbocycles. The summed E-state index contributed by atoms with van der Waals surface area (Å²) < 4.78 is 11.7. The van der Waals surface area contributed by atoms with Crippen LogP contribution in [0.2, 0.25) is 0 Å². The predicted octanol–water partition coefficient (Wildman–Crippen LogP) is 9.73. The average molecular weight is 524 g/mol. The van der Waals surface area contributed by atoms with E-state index in [-0.39, 0.29) is 0 Å². The van der Waals surface area contributed by atoms with Crippen molar-refractivity contribution in [1.29, 1.82) is 0 Å². The molecule has 0 spiro atoms. The van der Waals surface area contributed by atoms with Crippen molar-refractivity contribution in [1.82, 2.24) is 4.57 Å². The van der Waals surface area contributed by atoms with E-state index in [1.165, 1.54) is 44.2 Å². The molecule has 0 atom stereocenters. The standard InChI is InChI=1S/C37H35N2O/c1-22(2)27-14-11-15-28(23(3)4)35(27)39-32-17-10-9-16-31(32)38(6)37(39)34-24(5)18-19-29-30-20-25-12-7-8-13-26(25)21-33(30)40-36(29)34/h7-23H,1-6H3/q+1. The van der Waals surface area contributed by atoms with E-state index in [1.807, 2.05) is 0 Å². The van der Waals surface area contributed by atoms with Gasteiger partial charge in [0, 0.05) is 21.9 Å². The van der Waals surface area contributed by atoms with Gasteiger partial charge < -0.3 is 4.42 Å². The number of rotatable bonds is 4. The molecule has 2 heterocycles. The Balaban J connectivity index is 1.66. The average Bonchev–Trinajstić information content (AvgIpc) is 3.45. The van der Waals surface area contributed by atoms with E-state index in [2.05, 4.69) is 142 Å². The van der Waals surface area contributed by atoms with Crippen LogP contribution in [0.5, 0.6) is 0 Å². The zero-order valence-electron chi connectivity index (χ0n) is 24.1. The first kappa shape index (κ1) is 24.7. The van der Waals surface area contributed by atoms with Crippen LogP contribution in [0.25, 0.3) is 60.8 Å². The summed E-state index contributed by atoms with van der Waals surface area (Å²) >= 11 is 0. The molecule has 0 bridgehead atoms. The Hall–Kier alpha value is -4.37. The highest BCUT2D eigenvalue weighted by atomic mass is 16.3. The zero-order valence-corrected chi connectivity index (χ0v) is 24.1. The molecule has 3 nitrogen and oxygen atoms in total. The van der Waals surface area contributed by atoms with E-state index >= 15 is 0 Å². The molecule has 0 aliphatic heterocycles. The minimum absolute atomic E-state index is 0.378. The lowest BCUT2D eigenvalue weighted by Gasteiger charge is -2.18. The van der Waals surface area contributed by atoms with Crippen molar-refractivity contribution in [3.8, 4) is 17.1 Å². The van der Waals surface area contributed by atoms with E-state index in [9.17, 15) is 0 Å². The Labute approximate surface area is 235 Å². The second-order valence-corrected chi connectivity index (χ2v) is 11.7. The van der Waals surface area contributed by atoms with Crippen LogP contribution < -0.4 is 4.57 Å². The number of aryl methyl sites for hydroxylation is 2. The quantitative estimate of drug-likeness (QED) is 0.210. The van der Waals surface area contributed by atoms with Crippen LogP contribution in [0.4, 0.5) is 0 Å². The number of para-hydroxylation sites is 3. The molecule has 7 rings (SSSR count). The number of hydrogen-bond donors (Lipinski definition) is 0. The van der Waals surface area contributed by atoms with Gasteiger partial charge in [0.05, 0.1) is 7.05 Å². The number of hydrogen-bond acceptors (Lipinski definition) is 1. The Morgan fingerprint density at radius 3 is 2.05 bits per heavy atom. The summed E-state index contributed by atoms with van der Waals surface area (Å²) in [6, 6.07) is 33.0. The third-order valence-electron chi connectivity index (χ3n) is 8.52. The maximum atomic E-state index is 6.80.